The van der Waals surface area contributed by atoms with E-state index >= 15 is 0 Å². The van der Waals surface area contributed by atoms with E-state index in [1.165, 1.54) is 12.1 Å². The fourth-order valence-electron chi connectivity index (χ4n) is 3.19. The average Bonchev–Trinajstić information content (AvgIpc) is 2.72. The van der Waals surface area contributed by atoms with Gasteiger partial charge in [0.1, 0.15) is 18.5 Å². The Labute approximate surface area is 156 Å². The predicted octanol–water partition coefficient (Wildman–Crippen LogP) is 2.75. The Balaban J connectivity index is 1.30. The number of ether oxygens (including phenoxy) is 3. The summed E-state index contributed by atoms with van der Waals surface area (Å²) in [6, 6.07) is 13.5. The number of para-hydroxylation sites is 2. The molecule has 1 fully saturated rings. The minimum Gasteiger partial charge on any atom is -0.486 e. The van der Waals surface area contributed by atoms with Crippen molar-refractivity contribution in [3.8, 4) is 11.5 Å². The summed E-state index contributed by atoms with van der Waals surface area (Å²) in [6.45, 7) is 2.10. The summed E-state index contributed by atoms with van der Waals surface area (Å²) in [7, 11) is 0. The van der Waals surface area contributed by atoms with Gasteiger partial charge in [-0.05, 0) is 29.8 Å². The number of carbonyl (C=O) groups excluding carboxylic acids is 1. The second kappa shape index (κ2) is 7.84. The molecule has 0 saturated carbocycles. The third kappa shape index (κ3) is 4.14. The second-order valence-electron chi connectivity index (χ2n) is 6.54. The van der Waals surface area contributed by atoms with Crippen LogP contribution >= 0.6 is 0 Å². The minimum atomic E-state index is -0.291. The Morgan fingerprint density at radius 3 is 2.74 bits per heavy atom. The molecule has 0 radical (unpaired) electrons. The van der Waals surface area contributed by atoms with Crippen molar-refractivity contribution < 1.29 is 23.4 Å². The fraction of sp³-hybridized carbons (Fsp3) is 0.350. The van der Waals surface area contributed by atoms with Crippen molar-refractivity contribution in [1.29, 1.82) is 0 Å². The summed E-state index contributed by atoms with van der Waals surface area (Å²) in [4.78, 5) is 14.2. The van der Waals surface area contributed by atoms with Gasteiger partial charge in [0, 0.05) is 6.54 Å². The highest BCUT2D eigenvalue weighted by Gasteiger charge is 2.27. The van der Waals surface area contributed by atoms with Crippen LogP contribution in [0.2, 0.25) is 0 Å². The van der Waals surface area contributed by atoms with Crippen molar-refractivity contribution in [1.82, 2.24) is 10.2 Å². The van der Waals surface area contributed by atoms with Gasteiger partial charge >= 0.3 is 6.03 Å². The molecule has 7 heteroatoms. The number of fused-ring (bicyclic) bond motifs is 1. The van der Waals surface area contributed by atoms with E-state index in [-0.39, 0.29) is 24.1 Å². The zero-order valence-corrected chi connectivity index (χ0v) is 14.8. The van der Waals surface area contributed by atoms with Gasteiger partial charge in [-0.15, -0.1) is 0 Å². The summed E-state index contributed by atoms with van der Waals surface area (Å²) >= 11 is 0. The van der Waals surface area contributed by atoms with Crippen LogP contribution in [0.1, 0.15) is 11.7 Å². The number of rotatable bonds is 3. The number of amides is 2. The van der Waals surface area contributed by atoms with Crippen molar-refractivity contribution in [2.75, 3.05) is 32.8 Å². The number of halogens is 1. The van der Waals surface area contributed by atoms with Crippen LogP contribution in [0, 0.1) is 5.82 Å². The molecule has 6 nitrogen and oxygen atoms in total. The van der Waals surface area contributed by atoms with Crippen LogP contribution < -0.4 is 14.8 Å². The maximum Gasteiger partial charge on any atom is 0.317 e. The quantitative estimate of drug-likeness (QED) is 0.900. The molecule has 2 aromatic carbocycles. The standard InChI is InChI=1S/C20H21FN2O4/c21-15-7-5-14(6-8-15)19-12-23(9-10-25-19)20(24)22-11-16-13-26-17-3-1-2-4-18(17)27-16/h1-8,16,19H,9-13H2,(H,22,24). The van der Waals surface area contributed by atoms with Gasteiger partial charge in [0.2, 0.25) is 0 Å². The Kier molecular flexibility index (Phi) is 5.11. The molecule has 142 valence electrons. The Morgan fingerprint density at radius 1 is 1.15 bits per heavy atom. The summed E-state index contributed by atoms with van der Waals surface area (Å²) in [5, 5.41) is 2.90. The lowest BCUT2D eigenvalue weighted by molar-refractivity contribution is -0.0159. The van der Waals surface area contributed by atoms with Gasteiger partial charge in [-0.3, -0.25) is 0 Å². The molecule has 4 rings (SSSR count). The van der Waals surface area contributed by atoms with E-state index in [2.05, 4.69) is 5.32 Å². The van der Waals surface area contributed by atoms with Gasteiger partial charge in [0.25, 0.3) is 0 Å². The molecule has 0 aromatic heterocycles. The van der Waals surface area contributed by atoms with Gasteiger partial charge in [0.15, 0.2) is 17.6 Å². The van der Waals surface area contributed by atoms with Gasteiger partial charge < -0.3 is 24.4 Å². The maximum atomic E-state index is 13.1. The Morgan fingerprint density at radius 2 is 1.93 bits per heavy atom. The fourth-order valence-corrected chi connectivity index (χ4v) is 3.19. The van der Waals surface area contributed by atoms with Crippen molar-refractivity contribution in [3.63, 3.8) is 0 Å². The lowest BCUT2D eigenvalue weighted by Crippen LogP contribution is -2.50. The molecule has 2 amide bonds. The van der Waals surface area contributed by atoms with Gasteiger partial charge in [-0.1, -0.05) is 24.3 Å². The molecule has 2 aromatic rings. The number of nitrogens with zero attached hydrogens (tertiary/aromatic N) is 1. The summed E-state index contributed by atoms with van der Waals surface area (Å²) in [5.41, 5.74) is 0.856. The number of benzene rings is 2. The number of hydrogen-bond donors (Lipinski definition) is 1. The van der Waals surface area contributed by atoms with E-state index in [0.29, 0.717) is 38.6 Å². The highest BCUT2D eigenvalue weighted by atomic mass is 19.1. The maximum absolute atomic E-state index is 13.1. The zero-order valence-electron chi connectivity index (χ0n) is 14.8. The van der Waals surface area contributed by atoms with Crippen molar-refractivity contribution >= 4 is 6.03 Å². The van der Waals surface area contributed by atoms with E-state index in [4.69, 9.17) is 14.2 Å². The lowest BCUT2D eigenvalue weighted by Gasteiger charge is -2.34. The molecule has 27 heavy (non-hydrogen) atoms. The predicted molar refractivity (Wildman–Crippen MR) is 96.4 cm³/mol. The van der Waals surface area contributed by atoms with E-state index in [1.807, 2.05) is 24.3 Å². The second-order valence-corrected chi connectivity index (χ2v) is 6.54. The van der Waals surface area contributed by atoms with E-state index in [0.717, 1.165) is 11.3 Å². The van der Waals surface area contributed by atoms with Crippen LogP contribution in [-0.2, 0) is 4.74 Å². The molecular weight excluding hydrogens is 351 g/mol. The number of urea groups is 1. The first-order chi connectivity index (χ1) is 13.2. The highest BCUT2D eigenvalue weighted by molar-refractivity contribution is 5.74. The van der Waals surface area contributed by atoms with Gasteiger partial charge in [-0.25, -0.2) is 9.18 Å². The van der Waals surface area contributed by atoms with Crippen LogP contribution in [0.4, 0.5) is 9.18 Å². The normalized spacial score (nSPS) is 21.6. The van der Waals surface area contributed by atoms with E-state index < -0.39 is 0 Å². The number of nitrogens with one attached hydrogen (secondary N) is 1. The Hall–Kier alpha value is -2.80. The zero-order chi connectivity index (χ0) is 18.6. The van der Waals surface area contributed by atoms with E-state index in [9.17, 15) is 9.18 Å². The highest BCUT2D eigenvalue weighted by Crippen LogP contribution is 2.30. The molecule has 1 N–H and O–H groups in total. The number of carbonyl (C=O) groups is 1. The van der Waals surface area contributed by atoms with Crippen LogP contribution in [0.15, 0.2) is 48.5 Å². The number of morpholine rings is 1. The topological polar surface area (TPSA) is 60.0 Å². The lowest BCUT2D eigenvalue weighted by atomic mass is 10.1. The smallest absolute Gasteiger partial charge is 0.317 e. The molecular formula is C20H21FN2O4. The van der Waals surface area contributed by atoms with Crippen molar-refractivity contribution in [2.24, 2.45) is 0 Å². The Bertz CT molecular complexity index is 799. The molecule has 2 atom stereocenters. The van der Waals surface area contributed by atoms with Crippen LogP contribution in [0.5, 0.6) is 11.5 Å². The first-order valence-electron chi connectivity index (χ1n) is 8.97. The molecule has 0 aliphatic carbocycles. The van der Waals surface area contributed by atoms with Crippen LogP contribution in [0.3, 0.4) is 0 Å². The summed E-state index contributed by atoms with van der Waals surface area (Å²) in [5.74, 6) is 1.11. The molecule has 2 aliphatic rings. The van der Waals surface area contributed by atoms with E-state index in [1.54, 1.807) is 17.0 Å². The molecule has 2 unspecified atom stereocenters. The summed E-state index contributed by atoms with van der Waals surface area (Å²) < 4.78 is 30.3. The van der Waals surface area contributed by atoms with Gasteiger partial charge in [-0.2, -0.15) is 0 Å². The third-order valence-corrected chi connectivity index (χ3v) is 4.64. The van der Waals surface area contributed by atoms with Gasteiger partial charge in [0.05, 0.1) is 19.7 Å². The summed E-state index contributed by atoms with van der Waals surface area (Å²) in [6.07, 6.45) is -0.496. The first-order valence-corrected chi connectivity index (χ1v) is 8.97. The SMILES string of the molecule is O=C(NCC1COc2ccccc2O1)N1CCOC(c2ccc(F)cc2)C1. The molecule has 0 bridgehead atoms. The van der Waals surface area contributed by atoms with Crippen molar-refractivity contribution in [3.05, 3.63) is 59.9 Å². The number of hydrogen-bond acceptors (Lipinski definition) is 4. The molecule has 2 aliphatic heterocycles. The largest absolute Gasteiger partial charge is 0.486 e. The molecule has 1 saturated heterocycles. The third-order valence-electron chi connectivity index (χ3n) is 4.64. The minimum absolute atomic E-state index is 0.173. The van der Waals surface area contributed by atoms with Crippen molar-refractivity contribution in [2.45, 2.75) is 12.2 Å². The first kappa shape index (κ1) is 17.6. The molecule has 2 heterocycles. The monoisotopic (exact) mass is 372 g/mol. The van der Waals surface area contributed by atoms with Crippen LogP contribution in [-0.4, -0.2) is 49.9 Å². The molecule has 0 spiro atoms. The van der Waals surface area contributed by atoms with Crippen LogP contribution in [0.25, 0.3) is 0 Å². The average molecular weight is 372 g/mol.